The van der Waals surface area contributed by atoms with Crippen LogP contribution >= 0.6 is 0 Å². The third kappa shape index (κ3) is 5.49. The second kappa shape index (κ2) is 7.62. The molecule has 0 spiro atoms. The van der Waals surface area contributed by atoms with Crippen molar-refractivity contribution in [2.45, 2.75) is 69.9 Å². The predicted molar refractivity (Wildman–Crippen MR) is 76.5 cm³/mol. The first-order chi connectivity index (χ1) is 9.65. The number of carbonyl (C=O) groups excluding carboxylic acids is 1. The highest BCUT2D eigenvalue weighted by Crippen LogP contribution is 2.27. The largest absolute Gasteiger partial charge is 0.481 e. The molecule has 2 aliphatic rings. The average molecular weight is 282 g/mol. The maximum absolute atomic E-state index is 11.9. The molecule has 114 valence electrons. The van der Waals surface area contributed by atoms with E-state index in [2.05, 4.69) is 10.2 Å². The lowest BCUT2D eigenvalue weighted by Crippen LogP contribution is -2.39. The van der Waals surface area contributed by atoms with Crippen LogP contribution in [0.1, 0.15) is 57.8 Å². The summed E-state index contributed by atoms with van der Waals surface area (Å²) in [6.45, 7) is 1.26. The summed E-state index contributed by atoms with van der Waals surface area (Å²) in [6, 6.07) is 0.876. The molecule has 2 rings (SSSR count). The Morgan fingerprint density at radius 3 is 2.25 bits per heavy atom. The molecule has 0 aromatic carbocycles. The third-order valence-electron chi connectivity index (χ3n) is 4.27. The zero-order valence-corrected chi connectivity index (χ0v) is 12.1. The van der Waals surface area contributed by atoms with E-state index < -0.39 is 5.97 Å². The lowest BCUT2D eigenvalue weighted by molar-refractivity contribution is -0.137. The topological polar surface area (TPSA) is 69.6 Å². The van der Waals surface area contributed by atoms with Gasteiger partial charge in [0.1, 0.15) is 0 Å². The number of aliphatic carboxylic acids is 1. The van der Waals surface area contributed by atoms with Crippen LogP contribution in [0.4, 0.5) is 0 Å². The summed E-state index contributed by atoms with van der Waals surface area (Å²) in [6.07, 6.45) is 8.89. The molecule has 2 aliphatic carbocycles. The molecule has 2 N–H and O–H groups in total. The lowest BCUT2D eigenvalue weighted by atomic mass is 9.95. The SMILES string of the molecule is O=C(O)CCN(CCC(=O)NC1CCCCC1)C1CC1. The van der Waals surface area contributed by atoms with Gasteiger partial charge in [-0.15, -0.1) is 0 Å². The highest BCUT2D eigenvalue weighted by molar-refractivity contribution is 5.76. The van der Waals surface area contributed by atoms with E-state index >= 15 is 0 Å². The molecule has 0 heterocycles. The normalized spacial score (nSPS) is 20.1. The van der Waals surface area contributed by atoms with Gasteiger partial charge in [-0.2, -0.15) is 0 Å². The van der Waals surface area contributed by atoms with Gasteiger partial charge in [0.25, 0.3) is 0 Å². The maximum Gasteiger partial charge on any atom is 0.304 e. The van der Waals surface area contributed by atoms with Crippen LogP contribution in [0.2, 0.25) is 0 Å². The quantitative estimate of drug-likeness (QED) is 0.712. The Labute approximate surface area is 120 Å². The van der Waals surface area contributed by atoms with E-state index in [-0.39, 0.29) is 12.3 Å². The van der Waals surface area contributed by atoms with Gasteiger partial charge >= 0.3 is 5.97 Å². The van der Waals surface area contributed by atoms with Gasteiger partial charge in [-0.25, -0.2) is 0 Å². The van der Waals surface area contributed by atoms with Crippen molar-refractivity contribution in [3.8, 4) is 0 Å². The molecule has 0 aromatic rings. The Balaban J connectivity index is 1.65. The molecule has 5 heteroatoms. The third-order valence-corrected chi connectivity index (χ3v) is 4.27. The van der Waals surface area contributed by atoms with Crippen molar-refractivity contribution in [2.75, 3.05) is 13.1 Å². The fourth-order valence-corrected chi connectivity index (χ4v) is 2.95. The number of hydrogen-bond acceptors (Lipinski definition) is 3. The number of rotatable bonds is 8. The summed E-state index contributed by atoms with van der Waals surface area (Å²) in [7, 11) is 0. The van der Waals surface area contributed by atoms with Crippen LogP contribution in [-0.4, -0.2) is 47.1 Å². The van der Waals surface area contributed by atoms with E-state index in [0.717, 1.165) is 25.7 Å². The molecule has 0 aromatic heterocycles. The van der Waals surface area contributed by atoms with E-state index in [1.165, 1.54) is 19.3 Å². The zero-order chi connectivity index (χ0) is 14.4. The summed E-state index contributed by atoms with van der Waals surface area (Å²) in [5.41, 5.74) is 0. The Hall–Kier alpha value is -1.10. The first-order valence-electron chi connectivity index (χ1n) is 7.90. The van der Waals surface area contributed by atoms with E-state index in [0.29, 0.717) is 31.6 Å². The summed E-state index contributed by atoms with van der Waals surface area (Å²) in [5, 5.41) is 11.9. The van der Waals surface area contributed by atoms with Crippen molar-refractivity contribution < 1.29 is 14.7 Å². The molecule has 2 fully saturated rings. The highest BCUT2D eigenvalue weighted by atomic mass is 16.4. The van der Waals surface area contributed by atoms with Crippen molar-refractivity contribution in [3.05, 3.63) is 0 Å². The molecule has 2 saturated carbocycles. The van der Waals surface area contributed by atoms with Crippen molar-refractivity contribution in [1.82, 2.24) is 10.2 Å². The first kappa shape index (κ1) is 15.3. The predicted octanol–water partition coefficient (Wildman–Crippen LogP) is 1.76. The van der Waals surface area contributed by atoms with Gasteiger partial charge < -0.3 is 10.4 Å². The van der Waals surface area contributed by atoms with Crippen LogP contribution in [0.5, 0.6) is 0 Å². The van der Waals surface area contributed by atoms with E-state index in [1.54, 1.807) is 0 Å². The number of amides is 1. The highest BCUT2D eigenvalue weighted by Gasteiger charge is 2.29. The van der Waals surface area contributed by atoms with Crippen LogP contribution in [0.3, 0.4) is 0 Å². The molecule has 0 saturated heterocycles. The number of hydrogen-bond donors (Lipinski definition) is 2. The molecule has 0 radical (unpaired) electrons. The van der Waals surface area contributed by atoms with Gasteiger partial charge in [0, 0.05) is 31.6 Å². The lowest BCUT2D eigenvalue weighted by Gasteiger charge is -2.24. The van der Waals surface area contributed by atoms with Crippen LogP contribution in [0.15, 0.2) is 0 Å². The molecular weight excluding hydrogens is 256 g/mol. The van der Waals surface area contributed by atoms with E-state index in [1.807, 2.05) is 0 Å². The van der Waals surface area contributed by atoms with Gasteiger partial charge in [-0.05, 0) is 25.7 Å². The van der Waals surface area contributed by atoms with Gasteiger partial charge in [0.15, 0.2) is 0 Å². The van der Waals surface area contributed by atoms with Crippen molar-refractivity contribution in [1.29, 1.82) is 0 Å². The minimum atomic E-state index is -0.762. The molecule has 0 aliphatic heterocycles. The Morgan fingerprint density at radius 1 is 1.00 bits per heavy atom. The Kier molecular flexibility index (Phi) is 5.83. The van der Waals surface area contributed by atoms with Gasteiger partial charge in [0.2, 0.25) is 5.91 Å². The number of carbonyl (C=O) groups is 2. The van der Waals surface area contributed by atoms with Gasteiger partial charge in [-0.3, -0.25) is 14.5 Å². The number of carboxylic acid groups (broad SMARTS) is 1. The van der Waals surface area contributed by atoms with Gasteiger partial charge in [-0.1, -0.05) is 19.3 Å². The molecule has 20 heavy (non-hydrogen) atoms. The molecule has 0 bridgehead atoms. The monoisotopic (exact) mass is 282 g/mol. The van der Waals surface area contributed by atoms with Gasteiger partial charge in [0.05, 0.1) is 6.42 Å². The molecule has 5 nitrogen and oxygen atoms in total. The summed E-state index contributed by atoms with van der Waals surface area (Å²) < 4.78 is 0. The second-order valence-corrected chi connectivity index (χ2v) is 6.06. The number of nitrogens with zero attached hydrogens (tertiary/aromatic N) is 1. The number of carboxylic acids is 1. The molecular formula is C15H26N2O3. The second-order valence-electron chi connectivity index (χ2n) is 6.06. The average Bonchev–Trinajstić information content (AvgIpc) is 3.24. The molecule has 1 amide bonds. The summed E-state index contributed by atoms with van der Waals surface area (Å²) in [5.74, 6) is -0.639. The van der Waals surface area contributed by atoms with Crippen LogP contribution in [0.25, 0.3) is 0 Å². The van der Waals surface area contributed by atoms with E-state index in [9.17, 15) is 9.59 Å². The Morgan fingerprint density at radius 2 is 1.65 bits per heavy atom. The summed E-state index contributed by atoms with van der Waals surface area (Å²) in [4.78, 5) is 24.7. The van der Waals surface area contributed by atoms with Crippen LogP contribution < -0.4 is 5.32 Å². The number of nitrogens with one attached hydrogen (secondary N) is 1. The zero-order valence-electron chi connectivity index (χ0n) is 12.1. The minimum Gasteiger partial charge on any atom is -0.481 e. The van der Waals surface area contributed by atoms with E-state index in [4.69, 9.17) is 5.11 Å². The Bertz CT molecular complexity index is 336. The molecule has 0 unspecified atom stereocenters. The maximum atomic E-state index is 11.9. The first-order valence-corrected chi connectivity index (χ1v) is 7.90. The fourth-order valence-electron chi connectivity index (χ4n) is 2.95. The van der Waals surface area contributed by atoms with Crippen LogP contribution in [0, 0.1) is 0 Å². The standard InChI is InChI=1S/C15H26N2O3/c18-14(16-12-4-2-1-3-5-12)8-10-17(13-6-7-13)11-9-15(19)20/h12-13H,1-11H2,(H,16,18)(H,19,20). The van der Waals surface area contributed by atoms with Crippen molar-refractivity contribution >= 4 is 11.9 Å². The summed E-state index contributed by atoms with van der Waals surface area (Å²) >= 11 is 0. The van der Waals surface area contributed by atoms with Crippen molar-refractivity contribution in [2.24, 2.45) is 0 Å². The van der Waals surface area contributed by atoms with Crippen LogP contribution in [-0.2, 0) is 9.59 Å². The van der Waals surface area contributed by atoms with Crippen molar-refractivity contribution in [3.63, 3.8) is 0 Å². The molecule has 0 atom stereocenters. The minimum absolute atomic E-state index is 0.123. The smallest absolute Gasteiger partial charge is 0.304 e. The fraction of sp³-hybridized carbons (Fsp3) is 0.867.